The van der Waals surface area contributed by atoms with Crippen LogP contribution >= 0.6 is 0 Å². The van der Waals surface area contributed by atoms with E-state index in [1.807, 2.05) is 0 Å². The van der Waals surface area contributed by atoms with Crippen LogP contribution in [0.4, 0.5) is 0 Å². The van der Waals surface area contributed by atoms with Gasteiger partial charge in [-0.1, -0.05) is 51.9 Å². The lowest BCUT2D eigenvalue weighted by Gasteiger charge is -2.09. The van der Waals surface area contributed by atoms with Crippen molar-refractivity contribution in [2.24, 2.45) is 5.92 Å². The Labute approximate surface area is 108 Å². The molecule has 0 aromatic carbocycles. The van der Waals surface area contributed by atoms with Gasteiger partial charge in [0.1, 0.15) is 0 Å². The molecule has 0 radical (unpaired) electrons. The Morgan fingerprint density at radius 1 is 1.00 bits per heavy atom. The summed E-state index contributed by atoms with van der Waals surface area (Å²) in [4.78, 5) is 0. The van der Waals surface area contributed by atoms with Crippen LogP contribution in [0.3, 0.4) is 0 Å². The fourth-order valence-corrected chi connectivity index (χ4v) is 2.44. The molecule has 1 atom stereocenters. The van der Waals surface area contributed by atoms with Crippen LogP contribution in [0.25, 0.3) is 0 Å². The van der Waals surface area contributed by atoms with Gasteiger partial charge in [0.05, 0.1) is 6.61 Å². The van der Waals surface area contributed by atoms with Crippen molar-refractivity contribution in [2.45, 2.75) is 64.7 Å². The summed E-state index contributed by atoms with van der Waals surface area (Å²) in [6, 6.07) is 0. The van der Waals surface area contributed by atoms with Crippen molar-refractivity contribution in [3.05, 3.63) is 0 Å². The molecule has 1 fully saturated rings. The monoisotopic (exact) mass is 241 g/mol. The lowest BCUT2D eigenvalue weighted by molar-refractivity contribution is 0.101. The molecule has 1 aliphatic heterocycles. The first kappa shape index (κ1) is 15.0. The number of hydrogen-bond donors (Lipinski definition) is 1. The lowest BCUT2D eigenvalue weighted by atomic mass is 10.1. The van der Waals surface area contributed by atoms with Gasteiger partial charge in [-0.3, -0.25) is 0 Å². The first-order valence-electron chi connectivity index (χ1n) is 7.72. The highest BCUT2D eigenvalue weighted by Crippen LogP contribution is 2.10. The number of unbranched alkanes of at least 4 members (excludes halogenated alkanes) is 7. The van der Waals surface area contributed by atoms with Crippen LogP contribution in [-0.2, 0) is 4.74 Å². The van der Waals surface area contributed by atoms with Gasteiger partial charge in [-0.2, -0.15) is 0 Å². The van der Waals surface area contributed by atoms with Gasteiger partial charge >= 0.3 is 0 Å². The van der Waals surface area contributed by atoms with Gasteiger partial charge in [0, 0.05) is 13.2 Å². The lowest BCUT2D eigenvalue weighted by Crippen LogP contribution is -2.14. The quantitative estimate of drug-likeness (QED) is 0.556. The summed E-state index contributed by atoms with van der Waals surface area (Å²) in [6.07, 6.45) is 12.4. The fourth-order valence-electron chi connectivity index (χ4n) is 2.44. The van der Waals surface area contributed by atoms with Crippen molar-refractivity contribution in [3.63, 3.8) is 0 Å². The fraction of sp³-hybridized carbons (Fsp3) is 1.00. The van der Waals surface area contributed by atoms with E-state index >= 15 is 0 Å². The molecular weight excluding hydrogens is 210 g/mol. The highest BCUT2D eigenvalue weighted by Gasteiger charge is 2.13. The summed E-state index contributed by atoms with van der Waals surface area (Å²) in [6.45, 7) is 6.58. The molecule has 1 unspecified atom stereocenters. The molecule has 1 rings (SSSR count). The van der Waals surface area contributed by atoms with Crippen LogP contribution in [0.15, 0.2) is 0 Å². The van der Waals surface area contributed by atoms with Crippen LogP contribution < -0.4 is 5.32 Å². The zero-order valence-corrected chi connectivity index (χ0v) is 11.7. The maximum Gasteiger partial charge on any atom is 0.0506 e. The van der Waals surface area contributed by atoms with E-state index in [2.05, 4.69) is 12.2 Å². The van der Waals surface area contributed by atoms with E-state index in [1.165, 1.54) is 64.3 Å². The van der Waals surface area contributed by atoms with Gasteiger partial charge in [0.25, 0.3) is 0 Å². The second kappa shape index (κ2) is 11.0. The standard InChI is InChI=1S/C15H31NO/c1-2-3-4-5-6-7-8-9-12-17-14-15-10-11-16-13-15/h15-16H,2-14H2,1H3. The molecule has 0 amide bonds. The van der Waals surface area contributed by atoms with E-state index in [1.54, 1.807) is 0 Å². The van der Waals surface area contributed by atoms with Gasteiger partial charge in [-0.05, 0) is 25.3 Å². The molecule has 0 aromatic rings. The minimum absolute atomic E-state index is 0.782. The molecule has 0 aliphatic carbocycles. The van der Waals surface area contributed by atoms with E-state index < -0.39 is 0 Å². The van der Waals surface area contributed by atoms with Crippen molar-refractivity contribution >= 4 is 0 Å². The Morgan fingerprint density at radius 2 is 1.71 bits per heavy atom. The van der Waals surface area contributed by atoms with Crippen molar-refractivity contribution in [3.8, 4) is 0 Å². The van der Waals surface area contributed by atoms with Gasteiger partial charge in [0.2, 0.25) is 0 Å². The Hall–Kier alpha value is -0.0800. The molecule has 1 N–H and O–H groups in total. The SMILES string of the molecule is CCCCCCCCCCOCC1CCNC1. The van der Waals surface area contributed by atoms with Crippen LogP contribution in [0.2, 0.25) is 0 Å². The van der Waals surface area contributed by atoms with E-state index in [4.69, 9.17) is 4.74 Å². The second-order valence-electron chi connectivity index (χ2n) is 5.41. The average Bonchev–Trinajstić information content (AvgIpc) is 2.85. The Bertz CT molecular complexity index is 155. The molecule has 102 valence electrons. The molecular formula is C15H31NO. The molecule has 0 bridgehead atoms. The number of hydrogen-bond acceptors (Lipinski definition) is 2. The highest BCUT2D eigenvalue weighted by atomic mass is 16.5. The minimum Gasteiger partial charge on any atom is -0.381 e. The summed E-state index contributed by atoms with van der Waals surface area (Å²) in [7, 11) is 0. The van der Waals surface area contributed by atoms with Gasteiger partial charge in [-0.15, -0.1) is 0 Å². The Balaban J connectivity index is 1.69. The molecule has 2 nitrogen and oxygen atoms in total. The smallest absolute Gasteiger partial charge is 0.0506 e. The van der Waals surface area contributed by atoms with E-state index in [-0.39, 0.29) is 0 Å². The first-order valence-corrected chi connectivity index (χ1v) is 7.72. The average molecular weight is 241 g/mol. The third-order valence-corrected chi connectivity index (χ3v) is 3.66. The maximum atomic E-state index is 5.72. The normalized spacial score (nSPS) is 19.9. The predicted octanol–water partition coefficient (Wildman–Crippen LogP) is 3.75. The molecule has 1 saturated heterocycles. The Morgan fingerprint density at radius 3 is 2.35 bits per heavy atom. The van der Waals surface area contributed by atoms with Crippen molar-refractivity contribution in [2.75, 3.05) is 26.3 Å². The van der Waals surface area contributed by atoms with Crippen LogP contribution in [0.1, 0.15) is 64.7 Å². The highest BCUT2D eigenvalue weighted by molar-refractivity contribution is 4.70. The number of rotatable bonds is 11. The molecule has 1 heterocycles. The number of nitrogens with one attached hydrogen (secondary N) is 1. The Kier molecular flexibility index (Phi) is 9.72. The topological polar surface area (TPSA) is 21.3 Å². The van der Waals surface area contributed by atoms with E-state index in [0.29, 0.717) is 0 Å². The summed E-state index contributed by atoms with van der Waals surface area (Å²) in [5, 5.41) is 3.38. The third kappa shape index (κ3) is 8.62. The summed E-state index contributed by atoms with van der Waals surface area (Å²) in [5.41, 5.74) is 0. The summed E-state index contributed by atoms with van der Waals surface area (Å²) < 4.78 is 5.72. The zero-order chi connectivity index (χ0) is 12.2. The van der Waals surface area contributed by atoms with Crippen LogP contribution in [-0.4, -0.2) is 26.3 Å². The van der Waals surface area contributed by atoms with Crippen molar-refractivity contribution in [1.29, 1.82) is 0 Å². The van der Waals surface area contributed by atoms with E-state index in [9.17, 15) is 0 Å². The van der Waals surface area contributed by atoms with Gasteiger partial charge in [0.15, 0.2) is 0 Å². The van der Waals surface area contributed by atoms with Gasteiger partial charge < -0.3 is 10.1 Å². The molecule has 2 heteroatoms. The molecule has 0 saturated carbocycles. The first-order chi connectivity index (χ1) is 8.43. The third-order valence-electron chi connectivity index (χ3n) is 3.66. The summed E-state index contributed by atoms with van der Waals surface area (Å²) >= 11 is 0. The van der Waals surface area contributed by atoms with E-state index in [0.717, 1.165) is 25.7 Å². The minimum atomic E-state index is 0.782. The molecule has 1 aliphatic rings. The van der Waals surface area contributed by atoms with Crippen LogP contribution in [0.5, 0.6) is 0 Å². The van der Waals surface area contributed by atoms with Crippen molar-refractivity contribution in [1.82, 2.24) is 5.32 Å². The predicted molar refractivity (Wildman–Crippen MR) is 74.4 cm³/mol. The largest absolute Gasteiger partial charge is 0.381 e. The molecule has 0 aromatic heterocycles. The van der Waals surface area contributed by atoms with Gasteiger partial charge in [-0.25, -0.2) is 0 Å². The zero-order valence-electron chi connectivity index (χ0n) is 11.7. The summed E-state index contributed by atoms with van der Waals surface area (Å²) in [5.74, 6) is 0.782. The molecule has 0 spiro atoms. The second-order valence-corrected chi connectivity index (χ2v) is 5.41. The van der Waals surface area contributed by atoms with Crippen LogP contribution in [0, 0.1) is 5.92 Å². The molecule has 17 heavy (non-hydrogen) atoms. The van der Waals surface area contributed by atoms with Crippen molar-refractivity contribution < 1.29 is 4.74 Å². The maximum absolute atomic E-state index is 5.72. The number of ether oxygens (including phenoxy) is 1.